The molecule has 1 aliphatic rings. The average molecular weight is 416 g/mol. The fourth-order valence-corrected chi connectivity index (χ4v) is 4.16. The van der Waals surface area contributed by atoms with Crippen molar-refractivity contribution < 1.29 is 14.3 Å². The second kappa shape index (κ2) is 8.59. The van der Waals surface area contributed by atoms with Gasteiger partial charge >= 0.3 is 0 Å². The Kier molecular flexibility index (Phi) is 5.72. The van der Waals surface area contributed by atoms with E-state index in [-0.39, 0.29) is 18.3 Å². The monoisotopic (exact) mass is 415 g/mol. The predicted molar refractivity (Wildman–Crippen MR) is 121 cm³/mol. The summed E-state index contributed by atoms with van der Waals surface area (Å²) in [5.74, 6) is 0.440. The van der Waals surface area contributed by atoms with Crippen LogP contribution in [0.4, 0.5) is 5.69 Å². The Balaban J connectivity index is 1.34. The molecule has 4 nitrogen and oxygen atoms in total. The molecule has 0 saturated carbocycles. The lowest BCUT2D eigenvalue weighted by molar-refractivity contribution is -0.118. The van der Waals surface area contributed by atoms with E-state index in [0.717, 1.165) is 27.3 Å². The third-order valence-electron chi connectivity index (χ3n) is 4.91. The van der Waals surface area contributed by atoms with Gasteiger partial charge in [-0.1, -0.05) is 42.1 Å². The molecule has 0 aliphatic carbocycles. The molecule has 0 saturated heterocycles. The van der Waals surface area contributed by atoms with Gasteiger partial charge in [0.25, 0.3) is 5.91 Å². The smallest absolute Gasteiger partial charge is 0.262 e. The van der Waals surface area contributed by atoms with E-state index in [1.54, 1.807) is 12.1 Å². The molecule has 3 aromatic carbocycles. The summed E-state index contributed by atoms with van der Waals surface area (Å²) >= 11 is 1.49. The van der Waals surface area contributed by atoms with E-state index in [2.05, 4.69) is 5.32 Å². The van der Waals surface area contributed by atoms with E-state index >= 15 is 0 Å². The number of ether oxygens (including phenoxy) is 1. The van der Waals surface area contributed by atoms with E-state index < -0.39 is 0 Å². The number of Topliss-reactive ketones (excluding diaryl/α,β-unsaturated/α-hetero) is 1. The quantitative estimate of drug-likeness (QED) is 0.547. The fraction of sp³-hybridized carbons (Fsp3) is 0.120. The van der Waals surface area contributed by atoms with Crippen LogP contribution in [0.1, 0.15) is 27.0 Å². The maximum atomic E-state index is 12.5. The molecule has 1 N–H and O–H groups in total. The molecule has 1 aliphatic heterocycles. The van der Waals surface area contributed by atoms with Gasteiger partial charge in [-0.2, -0.15) is 0 Å². The van der Waals surface area contributed by atoms with Crippen molar-refractivity contribution in [2.45, 2.75) is 18.7 Å². The molecule has 5 heteroatoms. The van der Waals surface area contributed by atoms with Gasteiger partial charge in [-0.3, -0.25) is 9.59 Å². The van der Waals surface area contributed by atoms with Gasteiger partial charge in [-0.15, -0.1) is 0 Å². The maximum absolute atomic E-state index is 12.5. The molecule has 1 amide bonds. The van der Waals surface area contributed by atoms with Crippen molar-refractivity contribution in [2.75, 3.05) is 11.9 Å². The topological polar surface area (TPSA) is 55.4 Å². The molecule has 0 aromatic heterocycles. The van der Waals surface area contributed by atoms with Crippen LogP contribution in [0.3, 0.4) is 0 Å². The molecule has 0 radical (unpaired) electrons. The van der Waals surface area contributed by atoms with Gasteiger partial charge in [0.05, 0.1) is 4.91 Å². The van der Waals surface area contributed by atoms with E-state index in [1.807, 2.05) is 74.5 Å². The van der Waals surface area contributed by atoms with Crippen molar-refractivity contribution in [1.29, 1.82) is 0 Å². The Morgan fingerprint density at radius 2 is 1.77 bits per heavy atom. The van der Waals surface area contributed by atoms with Crippen molar-refractivity contribution in [3.8, 4) is 5.75 Å². The zero-order chi connectivity index (χ0) is 21.1. The minimum absolute atomic E-state index is 0.0546. The van der Waals surface area contributed by atoms with Crippen LogP contribution >= 0.6 is 11.8 Å². The summed E-state index contributed by atoms with van der Waals surface area (Å²) in [6.07, 6.45) is 1.88. The normalized spacial score (nSPS) is 13.9. The van der Waals surface area contributed by atoms with Gasteiger partial charge in [0.1, 0.15) is 5.75 Å². The molecule has 0 fully saturated rings. The number of hydrogen-bond acceptors (Lipinski definition) is 4. The van der Waals surface area contributed by atoms with Crippen LogP contribution in [0.5, 0.6) is 5.75 Å². The first-order chi connectivity index (χ1) is 14.5. The van der Waals surface area contributed by atoms with E-state index in [4.69, 9.17) is 4.74 Å². The second-order valence-corrected chi connectivity index (χ2v) is 8.22. The zero-order valence-electron chi connectivity index (χ0n) is 16.8. The summed E-state index contributed by atoms with van der Waals surface area (Å²) in [6.45, 7) is 3.97. The molecule has 4 rings (SSSR count). The first-order valence-electron chi connectivity index (χ1n) is 9.63. The van der Waals surface area contributed by atoms with E-state index in [9.17, 15) is 9.59 Å². The molecule has 150 valence electrons. The average Bonchev–Trinajstić information content (AvgIpc) is 3.06. The predicted octanol–water partition coefficient (Wildman–Crippen LogP) is 5.65. The molecule has 0 spiro atoms. The molecule has 1 heterocycles. The first-order valence-corrected chi connectivity index (χ1v) is 10.4. The maximum Gasteiger partial charge on any atom is 0.262 e. The number of hydrogen-bond donors (Lipinski definition) is 1. The standard InChI is InChI=1S/C25H21NO3S/c1-16-7-10-19(13-17(16)2)26-24(27)15-29-20-11-8-18(9-12-20)14-23-25(28)21-5-3-4-6-22(21)30-23/h3-14H,15H2,1-2H3,(H,26,27)/b23-14+. The highest BCUT2D eigenvalue weighted by molar-refractivity contribution is 8.04. The Morgan fingerprint density at radius 1 is 1.00 bits per heavy atom. The summed E-state index contributed by atoms with van der Waals surface area (Å²) in [4.78, 5) is 26.3. The fourth-order valence-electron chi connectivity index (χ4n) is 3.11. The molecule has 30 heavy (non-hydrogen) atoms. The minimum Gasteiger partial charge on any atom is -0.484 e. The van der Waals surface area contributed by atoms with Crippen LogP contribution in [0, 0.1) is 13.8 Å². The highest BCUT2D eigenvalue weighted by atomic mass is 32.2. The number of allylic oxidation sites excluding steroid dienone is 1. The number of rotatable bonds is 5. The number of aryl methyl sites for hydroxylation is 2. The van der Waals surface area contributed by atoms with Crippen LogP contribution in [-0.2, 0) is 4.79 Å². The molecule has 0 bridgehead atoms. The molecule has 0 unspecified atom stereocenters. The third-order valence-corrected chi connectivity index (χ3v) is 6.01. The highest BCUT2D eigenvalue weighted by Crippen LogP contribution is 2.40. The van der Waals surface area contributed by atoms with Crippen LogP contribution in [0.2, 0.25) is 0 Å². The largest absolute Gasteiger partial charge is 0.484 e. The second-order valence-electron chi connectivity index (χ2n) is 7.14. The van der Waals surface area contributed by atoms with Crippen LogP contribution in [-0.4, -0.2) is 18.3 Å². The lowest BCUT2D eigenvalue weighted by Gasteiger charge is -2.09. The van der Waals surface area contributed by atoms with Crippen molar-refractivity contribution in [2.24, 2.45) is 0 Å². The molecular weight excluding hydrogens is 394 g/mol. The van der Waals surface area contributed by atoms with Crippen molar-refractivity contribution >= 4 is 35.2 Å². The van der Waals surface area contributed by atoms with Crippen LogP contribution in [0.25, 0.3) is 6.08 Å². The van der Waals surface area contributed by atoms with Gasteiger partial charge in [-0.25, -0.2) is 0 Å². The number of carbonyl (C=O) groups excluding carboxylic acids is 2. The lowest BCUT2D eigenvalue weighted by atomic mass is 10.1. The number of carbonyl (C=O) groups is 2. The van der Waals surface area contributed by atoms with Gasteiger partial charge < -0.3 is 10.1 Å². The van der Waals surface area contributed by atoms with Crippen molar-refractivity contribution in [3.63, 3.8) is 0 Å². The van der Waals surface area contributed by atoms with Crippen LogP contribution in [0.15, 0.2) is 76.5 Å². The van der Waals surface area contributed by atoms with E-state index in [1.165, 1.54) is 17.3 Å². The number of fused-ring (bicyclic) bond motifs is 1. The Hall–Kier alpha value is -3.31. The van der Waals surface area contributed by atoms with Crippen LogP contribution < -0.4 is 10.1 Å². The Morgan fingerprint density at radius 3 is 2.50 bits per heavy atom. The lowest BCUT2D eigenvalue weighted by Crippen LogP contribution is -2.20. The Bertz CT molecular complexity index is 1150. The van der Waals surface area contributed by atoms with Gasteiger partial charge in [0.2, 0.25) is 5.78 Å². The van der Waals surface area contributed by atoms with Crippen molar-refractivity contribution in [3.05, 3.63) is 93.9 Å². The molecule has 3 aromatic rings. The number of amides is 1. The number of nitrogens with one attached hydrogen (secondary N) is 1. The molecular formula is C25H21NO3S. The molecule has 0 atom stereocenters. The zero-order valence-corrected chi connectivity index (χ0v) is 17.6. The Labute approximate surface area is 180 Å². The van der Waals surface area contributed by atoms with E-state index in [0.29, 0.717) is 10.7 Å². The summed E-state index contributed by atoms with van der Waals surface area (Å²) in [6, 6.07) is 20.8. The third kappa shape index (κ3) is 4.47. The summed E-state index contributed by atoms with van der Waals surface area (Å²) in [7, 11) is 0. The van der Waals surface area contributed by atoms with Gasteiger partial charge in [0, 0.05) is 16.1 Å². The summed E-state index contributed by atoms with van der Waals surface area (Å²) in [5, 5.41) is 2.84. The summed E-state index contributed by atoms with van der Waals surface area (Å²) < 4.78 is 5.59. The minimum atomic E-state index is -0.213. The van der Waals surface area contributed by atoms with Gasteiger partial charge in [0.15, 0.2) is 6.61 Å². The highest BCUT2D eigenvalue weighted by Gasteiger charge is 2.24. The van der Waals surface area contributed by atoms with Crippen molar-refractivity contribution in [1.82, 2.24) is 0 Å². The first kappa shape index (κ1) is 20.0. The number of anilines is 1. The van der Waals surface area contributed by atoms with Gasteiger partial charge in [-0.05, 0) is 73.0 Å². The number of benzene rings is 3. The summed E-state index contributed by atoms with van der Waals surface area (Å²) in [5.41, 5.74) is 4.73. The SMILES string of the molecule is Cc1ccc(NC(=O)COc2ccc(/C=C3/Sc4ccccc4C3=O)cc2)cc1C. The number of thioether (sulfide) groups is 1. The number of ketones is 1.